The van der Waals surface area contributed by atoms with Crippen LogP contribution in [0.25, 0.3) is 0 Å². The lowest BCUT2D eigenvalue weighted by atomic mass is 10.1. The van der Waals surface area contributed by atoms with Crippen LogP contribution in [-0.4, -0.2) is 46.0 Å². The lowest BCUT2D eigenvalue weighted by Crippen LogP contribution is -2.31. The highest BCUT2D eigenvalue weighted by Crippen LogP contribution is 2.11. The van der Waals surface area contributed by atoms with E-state index >= 15 is 0 Å². The van der Waals surface area contributed by atoms with E-state index in [-0.39, 0.29) is 5.78 Å². The van der Waals surface area contributed by atoms with Crippen molar-refractivity contribution in [2.75, 3.05) is 31.1 Å². The summed E-state index contributed by atoms with van der Waals surface area (Å²) in [5.41, 5.74) is 1.97. The molecule has 2 rings (SSSR count). The average Bonchev–Trinajstić information content (AvgIpc) is 2.57. The molecular weight excluding hydrogens is 270 g/mol. The molecule has 1 fully saturated rings. The van der Waals surface area contributed by atoms with Gasteiger partial charge in [0.25, 0.3) is 0 Å². The minimum absolute atomic E-state index is 0.197. The first-order chi connectivity index (χ1) is 9.54. The van der Waals surface area contributed by atoms with Crippen LogP contribution in [0, 0.1) is 12.8 Å². The summed E-state index contributed by atoms with van der Waals surface area (Å²) < 4.78 is 11.6. The molecule has 0 unspecified atom stereocenters. The lowest BCUT2D eigenvalue weighted by Gasteiger charge is -2.21. The van der Waals surface area contributed by atoms with Gasteiger partial charge < -0.3 is 4.90 Å². The molecule has 0 saturated carbocycles. The largest absolute Gasteiger partial charge is 0.302 e. The quantitative estimate of drug-likeness (QED) is 0.799. The Labute approximate surface area is 123 Å². The van der Waals surface area contributed by atoms with Gasteiger partial charge in [-0.25, -0.2) is 0 Å². The second kappa shape index (κ2) is 7.14. The highest BCUT2D eigenvalue weighted by Gasteiger charge is 2.19. The van der Waals surface area contributed by atoms with E-state index in [2.05, 4.69) is 11.8 Å². The summed E-state index contributed by atoms with van der Waals surface area (Å²) >= 11 is 0. The Morgan fingerprint density at radius 1 is 1.35 bits per heavy atom. The van der Waals surface area contributed by atoms with Crippen molar-refractivity contribution in [3.8, 4) is 0 Å². The molecule has 0 radical (unpaired) electrons. The zero-order valence-electron chi connectivity index (χ0n) is 12.3. The summed E-state index contributed by atoms with van der Waals surface area (Å²) in [5.74, 6) is 2.18. The van der Waals surface area contributed by atoms with Crippen molar-refractivity contribution in [1.82, 2.24) is 4.90 Å². The number of ketones is 1. The standard InChI is InChI=1S/C16H23NO2S/c1-13-3-5-15(6-4-13)16(18)7-8-17-9-10-20(19)12-14(2)11-17/h3-6,14H,7-12H2,1-2H3/t14-,20-/m1/s1. The van der Waals surface area contributed by atoms with Crippen molar-refractivity contribution < 1.29 is 9.00 Å². The number of carbonyl (C=O) groups is 1. The molecule has 3 nitrogen and oxygen atoms in total. The Morgan fingerprint density at radius 2 is 2.05 bits per heavy atom. The molecule has 2 atom stereocenters. The number of hydrogen-bond acceptors (Lipinski definition) is 3. The molecule has 20 heavy (non-hydrogen) atoms. The molecule has 0 bridgehead atoms. The minimum atomic E-state index is -0.688. The predicted octanol–water partition coefficient (Wildman–Crippen LogP) is 2.27. The molecule has 0 N–H and O–H groups in total. The van der Waals surface area contributed by atoms with Crippen LogP contribution in [0.1, 0.15) is 29.3 Å². The van der Waals surface area contributed by atoms with E-state index in [1.54, 1.807) is 0 Å². The van der Waals surface area contributed by atoms with Gasteiger partial charge in [0.15, 0.2) is 5.78 Å². The molecule has 1 aromatic carbocycles. The molecule has 1 heterocycles. The molecule has 0 aliphatic carbocycles. The Kier molecular flexibility index (Phi) is 5.49. The molecule has 1 aliphatic heterocycles. The van der Waals surface area contributed by atoms with Crippen LogP contribution in [0.4, 0.5) is 0 Å². The van der Waals surface area contributed by atoms with Crippen molar-refractivity contribution in [2.24, 2.45) is 5.92 Å². The SMILES string of the molecule is Cc1ccc(C(=O)CCN2CC[S@@](=O)C[C@H](C)C2)cc1. The number of rotatable bonds is 4. The molecule has 0 spiro atoms. The number of aryl methyl sites for hydroxylation is 1. The van der Waals surface area contributed by atoms with Crippen molar-refractivity contribution in [3.63, 3.8) is 0 Å². The Bertz CT molecular complexity index is 484. The van der Waals surface area contributed by atoms with E-state index in [1.807, 2.05) is 31.2 Å². The maximum absolute atomic E-state index is 12.1. The van der Waals surface area contributed by atoms with Crippen LogP contribution < -0.4 is 0 Å². The molecule has 4 heteroatoms. The highest BCUT2D eigenvalue weighted by molar-refractivity contribution is 7.85. The normalized spacial score (nSPS) is 24.3. The first-order valence-corrected chi connectivity index (χ1v) is 8.70. The van der Waals surface area contributed by atoms with Crippen LogP contribution in [0.2, 0.25) is 0 Å². The predicted molar refractivity (Wildman–Crippen MR) is 83.6 cm³/mol. The van der Waals surface area contributed by atoms with Gasteiger partial charge >= 0.3 is 0 Å². The van der Waals surface area contributed by atoms with Gasteiger partial charge in [-0.15, -0.1) is 0 Å². The number of hydrogen-bond donors (Lipinski definition) is 0. The fraction of sp³-hybridized carbons (Fsp3) is 0.562. The summed E-state index contributed by atoms with van der Waals surface area (Å²) in [4.78, 5) is 14.4. The third-order valence-corrected chi connectivity index (χ3v) is 5.28. The zero-order chi connectivity index (χ0) is 14.5. The van der Waals surface area contributed by atoms with Gasteiger partial charge in [0.1, 0.15) is 0 Å². The molecule has 110 valence electrons. The Balaban J connectivity index is 1.86. The van der Waals surface area contributed by atoms with Crippen LogP contribution in [-0.2, 0) is 10.8 Å². The topological polar surface area (TPSA) is 37.4 Å². The summed E-state index contributed by atoms with van der Waals surface area (Å²) in [6.07, 6.45) is 0.544. The van der Waals surface area contributed by atoms with Gasteiger partial charge in [-0.3, -0.25) is 9.00 Å². The lowest BCUT2D eigenvalue weighted by molar-refractivity contribution is 0.0963. The highest BCUT2D eigenvalue weighted by atomic mass is 32.2. The van der Waals surface area contributed by atoms with E-state index in [0.29, 0.717) is 12.3 Å². The Morgan fingerprint density at radius 3 is 2.75 bits per heavy atom. The first-order valence-electron chi connectivity index (χ1n) is 7.22. The summed E-state index contributed by atoms with van der Waals surface area (Å²) in [5, 5.41) is 0. The average molecular weight is 293 g/mol. The van der Waals surface area contributed by atoms with E-state index in [4.69, 9.17) is 0 Å². The van der Waals surface area contributed by atoms with Gasteiger partial charge in [0.2, 0.25) is 0 Å². The Hall–Kier alpha value is -1.00. The number of benzene rings is 1. The van der Waals surface area contributed by atoms with Crippen LogP contribution in [0.3, 0.4) is 0 Å². The smallest absolute Gasteiger partial charge is 0.164 e. The molecule has 1 saturated heterocycles. The summed E-state index contributed by atoms with van der Waals surface area (Å²) in [6, 6.07) is 7.75. The van der Waals surface area contributed by atoms with Crippen LogP contribution in [0.5, 0.6) is 0 Å². The van der Waals surface area contributed by atoms with Crippen molar-refractivity contribution >= 4 is 16.6 Å². The first kappa shape index (κ1) is 15.4. The minimum Gasteiger partial charge on any atom is -0.302 e. The van der Waals surface area contributed by atoms with Crippen molar-refractivity contribution in [3.05, 3.63) is 35.4 Å². The van der Waals surface area contributed by atoms with E-state index in [1.165, 1.54) is 5.56 Å². The number of nitrogens with zero attached hydrogens (tertiary/aromatic N) is 1. The molecule has 1 aliphatic rings. The summed E-state index contributed by atoms with van der Waals surface area (Å²) in [7, 11) is -0.688. The maximum atomic E-state index is 12.1. The van der Waals surface area contributed by atoms with Gasteiger partial charge in [0.05, 0.1) is 0 Å². The molecular formula is C16H23NO2S. The third kappa shape index (κ3) is 4.53. The number of Topliss-reactive ketones (excluding diaryl/α,β-unsaturated/α-hetero) is 1. The van der Waals surface area contributed by atoms with Crippen LogP contribution >= 0.6 is 0 Å². The third-order valence-electron chi connectivity index (χ3n) is 3.70. The number of carbonyl (C=O) groups excluding carboxylic acids is 1. The van der Waals surface area contributed by atoms with E-state index < -0.39 is 10.8 Å². The van der Waals surface area contributed by atoms with Gasteiger partial charge in [-0.05, 0) is 12.8 Å². The molecule has 0 amide bonds. The van der Waals surface area contributed by atoms with Crippen molar-refractivity contribution in [1.29, 1.82) is 0 Å². The van der Waals surface area contributed by atoms with E-state index in [9.17, 15) is 9.00 Å². The maximum Gasteiger partial charge on any atom is 0.164 e. The summed E-state index contributed by atoms with van der Waals surface area (Å²) in [6.45, 7) is 6.73. The van der Waals surface area contributed by atoms with Crippen LogP contribution in [0.15, 0.2) is 24.3 Å². The zero-order valence-corrected chi connectivity index (χ0v) is 13.1. The molecule has 0 aromatic heterocycles. The van der Waals surface area contributed by atoms with Gasteiger partial charge in [0, 0.05) is 53.9 Å². The van der Waals surface area contributed by atoms with Gasteiger partial charge in [-0.2, -0.15) is 0 Å². The van der Waals surface area contributed by atoms with E-state index in [0.717, 1.165) is 36.7 Å². The second-order valence-corrected chi connectivity index (χ2v) is 7.38. The monoisotopic (exact) mass is 293 g/mol. The second-order valence-electron chi connectivity index (χ2n) is 5.76. The van der Waals surface area contributed by atoms with Gasteiger partial charge in [-0.1, -0.05) is 36.8 Å². The fourth-order valence-corrected chi connectivity index (χ4v) is 3.93. The fourth-order valence-electron chi connectivity index (χ4n) is 2.56. The van der Waals surface area contributed by atoms with Crippen molar-refractivity contribution in [2.45, 2.75) is 20.3 Å². The molecule has 1 aromatic rings.